The Hall–Kier alpha value is -5.09. The Morgan fingerprint density at radius 1 is 0.977 bits per heavy atom. The predicted molar refractivity (Wildman–Crippen MR) is 172 cm³/mol. The summed E-state index contributed by atoms with van der Waals surface area (Å²) in [6.07, 6.45) is 5.73. The molecule has 1 atom stereocenters. The van der Waals surface area contributed by atoms with Gasteiger partial charge in [0.25, 0.3) is 5.91 Å². The number of anilines is 2. The van der Waals surface area contributed by atoms with E-state index in [4.69, 9.17) is 10.1 Å². The fourth-order valence-corrected chi connectivity index (χ4v) is 5.52. The molecule has 1 saturated heterocycles. The Balaban J connectivity index is 1.11. The zero-order valence-corrected chi connectivity index (χ0v) is 25.0. The lowest BCUT2D eigenvalue weighted by Crippen LogP contribution is -2.31. The van der Waals surface area contributed by atoms with Gasteiger partial charge in [-0.25, -0.2) is 14.5 Å². The number of rotatable bonds is 10. The molecule has 1 aliphatic rings. The fourth-order valence-electron chi connectivity index (χ4n) is 5.52. The summed E-state index contributed by atoms with van der Waals surface area (Å²) in [4.78, 5) is 38.7. The highest BCUT2D eigenvalue weighted by Gasteiger charge is 2.28. The normalized spacial score (nSPS) is 14.7. The number of hydrogen-bond acceptors (Lipinski definition) is 7. The summed E-state index contributed by atoms with van der Waals surface area (Å²) in [6, 6.07) is 25.1. The fraction of sp³-hybridized carbons (Fsp3) is 0.265. The third kappa shape index (κ3) is 6.60. The van der Waals surface area contributed by atoms with Crippen LogP contribution in [0.2, 0.25) is 0 Å². The van der Waals surface area contributed by atoms with Crippen LogP contribution in [0.3, 0.4) is 0 Å². The number of aromatic nitrogens is 4. The van der Waals surface area contributed by atoms with Crippen molar-refractivity contribution in [2.45, 2.75) is 25.3 Å². The molecule has 6 rings (SSSR count). The number of carbonyl (C=O) groups is 2. The number of amides is 2. The average molecular weight is 589 g/mol. The monoisotopic (exact) mass is 588 g/mol. The van der Waals surface area contributed by atoms with Gasteiger partial charge in [-0.2, -0.15) is 5.10 Å². The second-order valence-corrected chi connectivity index (χ2v) is 11.3. The molecule has 1 aliphatic heterocycles. The maximum absolute atomic E-state index is 13.3. The second kappa shape index (κ2) is 13.0. The molecule has 10 heteroatoms. The largest absolute Gasteiger partial charge is 0.350 e. The molecule has 0 saturated carbocycles. The molecule has 2 N–H and O–H groups in total. The van der Waals surface area contributed by atoms with E-state index in [0.717, 1.165) is 47.4 Å². The van der Waals surface area contributed by atoms with Crippen molar-refractivity contribution in [2.75, 3.05) is 44.4 Å². The molecule has 2 aromatic carbocycles. The Morgan fingerprint density at radius 3 is 2.57 bits per heavy atom. The van der Waals surface area contributed by atoms with E-state index in [1.54, 1.807) is 30.5 Å². The van der Waals surface area contributed by atoms with E-state index in [1.807, 2.05) is 84.3 Å². The van der Waals surface area contributed by atoms with Gasteiger partial charge in [0.15, 0.2) is 0 Å². The van der Waals surface area contributed by atoms with Gasteiger partial charge in [-0.1, -0.05) is 36.4 Å². The highest BCUT2D eigenvalue weighted by Crippen LogP contribution is 2.34. The second-order valence-electron chi connectivity index (χ2n) is 11.3. The van der Waals surface area contributed by atoms with Gasteiger partial charge in [0, 0.05) is 54.8 Å². The van der Waals surface area contributed by atoms with Crippen LogP contribution in [0.5, 0.6) is 0 Å². The number of nitrogens with one attached hydrogen (secondary N) is 2. The van der Waals surface area contributed by atoms with Crippen molar-refractivity contribution >= 4 is 29.0 Å². The molecular weight excluding hydrogens is 552 g/mol. The molecule has 0 aliphatic carbocycles. The topological polar surface area (TPSA) is 108 Å². The zero-order chi connectivity index (χ0) is 30.5. The van der Waals surface area contributed by atoms with Crippen molar-refractivity contribution in [3.63, 3.8) is 0 Å². The Bertz CT molecular complexity index is 1750. The summed E-state index contributed by atoms with van der Waals surface area (Å²) in [5.74, 6) is 0.456. The highest BCUT2D eigenvalue weighted by atomic mass is 16.2. The van der Waals surface area contributed by atoms with E-state index in [-0.39, 0.29) is 17.9 Å². The van der Waals surface area contributed by atoms with Crippen LogP contribution < -0.4 is 10.6 Å². The minimum absolute atomic E-state index is 0.0208. The van der Waals surface area contributed by atoms with Crippen LogP contribution in [0.1, 0.15) is 29.6 Å². The number of likely N-dealkylation sites (tertiary alicyclic amines) is 1. The maximum atomic E-state index is 13.3. The van der Waals surface area contributed by atoms with E-state index >= 15 is 0 Å². The first-order chi connectivity index (χ1) is 21.4. The number of pyridine rings is 1. The van der Waals surface area contributed by atoms with Crippen LogP contribution in [0.15, 0.2) is 91.3 Å². The van der Waals surface area contributed by atoms with Crippen molar-refractivity contribution in [2.24, 2.45) is 0 Å². The van der Waals surface area contributed by atoms with Crippen molar-refractivity contribution in [1.82, 2.24) is 29.4 Å². The Morgan fingerprint density at radius 2 is 1.77 bits per heavy atom. The van der Waals surface area contributed by atoms with Crippen molar-refractivity contribution < 1.29 is 9.59 Å². The third-order valence-electron chi connectivity index (χ3n) is 7.73. The average Bonchev–Trinajstić information content (AvgIpc) is 3.66. The van der Waals surface area contributed by atoms with E-state index in [0.29, 0.717) is 36.7 Å². The number of fused-ring (bicyclic) bond motifs is 1. The predicted octanol–water partition coefficient (Wildman–Crippen LogP) is 5.07. The first kappa shape index (κ1) is 29.0. The van der Waals surface area contributed by atoms with Gasteiger partial charge >= 0.3 is 0 Å². The maximum Gasteiger partial charge on any atom is 0.253 e. The molecule has 5 aromatic rings. The summed E-state index contributed by atoms with van der Waals surface area (Å²) in [5, 5.41) is 11.2. The summed E-state index contributed by atoms with van der Waals surface area (Å²) < 4.78 is 1.88. The van der Waals surface area contributed by atoms with Crippen LogP contribution in [0, 0.1) is 0 Å². The number of hydrogen-bond donors (Lipinski definition) is 2. The molecule has 1 fully saturated rings. The van der Waals surface area contributed by atoms with Gasteiger partial charge in [0.1, 0.15) is 5.69 Å². The lowest BCUT2D eigenvalue weighted by Gasteiger charge is -2.17. The van der Waals surface area contributed by atoms with Crippen LogP contribution in [0.4, 0.5) is 11.6 Å². The SMILES string of the molecule is CN(C)CCCC(=O)Nc1ccc(C(=O)N2CC[C@@H](Nc3nccc(-c4c(-c5ccccc5)nn5ccccc45)n3)C2)cc1. The van der Waals surface area contributed by atoms with E-state index < -0.39 is 0 Å². The summed E-state index contributed by atoms with van der Waals surface area (Å²) in [7, 11) is 3.98. The molecule has 0 spiro atoms. The summed E-state index contributed by atoms with van der Waals surface area (Å²) >= 11 is 0. The Kier molecular flexibility index (Phi) is 8.60. The molecule has 3 aromatic heterocycles. The molecule has 4 heterocycles. The minimum Gasteiger partial charge on any atom is -0.350 e. The molecule has 0 radical (unpaired) electrons. The lowest BCUT2D eigenvalue weighted by molar-refractivity contribution is -0.116. The van der Waals surface area contributed by atoms with Gasteiger partial charge in [-0.05, 0) is 75.9 Å². The molecule has 2 amide bonds. The molecular formula is C34H36N8O2. The quantitative estimate of drug-likeness (QED) is 0.235. The minimum atomic E-state index is -0.0355. The molecule has 0 unspecified atom stereocenters. The highest BCUT2D eigenvalue weighted by molar-refractivity contribution is 5.96. The smallest absolute Gasteiger partial charge is 0.253 e. The van der Waals surface area contributed by atoms with E-state index in [9.17, 15) is 9.59 Å². The Labute approximate surface area is 256 Å². The van der Waals surface area contributed by atoms with Gasteiger partial charge in [0.05, 0.1) is 16.8 Å². The van der Waals surface area contributed by atoms with Gasteiger partial charge in [-0.15, -0.1) is 0 Å². The lowest BCUT2D eigenvalue weighted by atomic mass is 10.0. The van der Waals surface area contributed by atoms with Gasteiger partial charge < -0.3 is 20.4 Å². The summed E-state index contributed by atoms with van der Waals surface area (Å²) in [6.45, 7) is 2.04. The van der Waals surface area contributed by atoms with Crippen LogP contribution in [0.25, 0.3) is 28.0 Å². The zero-order valence-electron chi connectivity index (χ0n) is 25.0. The van der Waals surface area contributed by atoms with E-state index in [1.165, 1.54) is 0 Å². The molecule has 44 heavy (non-hydrogen) atoms. The third-order valence-corrected chi connectivity index (χ3v) is 7.73. The molecule has 224 valence electrons. The first-order valence-corrected chi connectivity index (χ1v) is 14.9. The number of nitrogens with zero attached hydrogens (tertiary/aromatic N) is 6. The van der Waals surface area contributed by atoms with Crippen molar-refractivity contribution in [3.8, 4) is 22.5 Å². The summed E-state index contributed by atoms with van der Waals surface area (Å²) in [5.41, 5.74) is 5.83. The van der Waals surface area contributed by atoms with Gasteiger partial charge in [-0.3, -0.25) is 9.59 Å². The van der Waals surface area contributed by atoms with Gasteiger partial charge in [0.2, 0.25) is 11.9 Å². The van der Waals surface area contributed by atoms with Crippen LogP contribution >= 0.6 is 0 Å². The van der Waals surface area contributed by atoms with Crippen LogP contribution in [-0.4, -0.2) is 81.0 Å². The standard InChI is InChI=1S/C34H36N8O2/c1-40(2)20-8-12-30(43)36-26-15-13-25(14-16-26)33(44)41-22-18-27(23-41)37-34-35-19-17-28(38-34)31-29-11-6-7-21-42(29)39-32(31)24-9-4-3-5-10-24/h3-7,9-11,13-17,19,21,27H,8,12,18,20,22-23H2,1-2H3,(H,36,43)(H,35,37,38)/t27-/m1/s1. The number of benzene rings is 2. The molecule has 0 bridgehead atoms. The molecule has 10 nitrogen and oxygen atoms in total. The number of carbonyl (C=O) groups excluding carboxylic acids is 2. The van der Waals surface area contributed by atoms with E-state index in [2.05, 4.69) is 20.5 Å². The van der Waals surface area contributed by atoms with Crippen LogP contribution in [-0.2, 0) is 4.79 Å². The van der Waals surface area contributed by atoms with Crippen molar-refractivity contribution in [3.05, 3.63) is 96.8 Å². The van der Waals surface area contributed by atoms with Crippen molar-refractivity contribution in [1.29, 1.82) is 0 Å². The first-order valence-electron chi connectivity index (χ1n) is 14.9.